The van der Waals surface area contributed by atoms with Gasteiger partial charge in [0.25, 0.3) is 8.32 Å². The number of methoxy groups -OCH3 is 1. The van der Waals surface area contributed by atoms with E-state index in [1.54, 1.807) is 19.2 Å². The Morgan fingerprint density at radius 3 is 2.15 bits per heavy atom. The number of fused-ring (bicyclic) bond motifs is 2. The second kappa shape index (κ2) is 12.2. The average Bonchev–Trinajstić information content (AvgIpc) is 3.72. The summed E-state index contributed by atoms with van der Waals surface area (Å²) < 4.78 is 22.3. The number of aromatic carboxylic acids is 1. The first-order valence-corrected chi connectivity index (χ1v) is 18.3. The standard InChI is InChI=1S/C40H41NO5Si/c1-40(2,3)47(30-14-7-5-8-15-30,31-16-9-6-10-17-31)45-22-21-32-37-35(44-4)24-29(39(42)43)25-36(37)46-38(32)34-23-28-13-11-12-18-33(28)41(34)26-27-19-20-27/h5-18,23-25,27H,19-22,26H2,1-4H3,(H,42,43). The zero-order valence-corrected chi connectivity index (χ0v) is 28.5. The average molecular weight is 644 g/mol. The maximum Gasteiger partial charge on any atom is 0.335 e. The molecule has 1 N–H and O–H groups in total. The molecule has 1 aliphatic carbocycles. The molecule has 6 nitrogen and oxygen atoms in total. The van der Waals surface area contributed by atoms with Crippen LogP contribution < -0.4 is 15.1 Å². The predicted octanol–water partition coefficient (Wildman–Crippen LogP) is 8.29. The van der Waals surface area contributed by atoms with Crippen molar-refractivity contribution in [1.82, 2.24) is 4.57 Å². The first-order valence-electron chi connectivity index (χ1n) is 16.4. The van der Waals surface area contributed by atoms with Crippen molar-refractivity contribution in [3.8, 4) is 17.2 Å². The number of ether oxygens (including phenoxy) is 1. The molecule has 1 aliphatic rings. The van der Waals surface area contributed by atoms with Crippen molar-refractivity contribution in [3.05, 3.63) is 114 Å². The van der Waals surface area contributed by atoms with E-state index in [-0.39, 0.29) is 10.6 Å². The van der Waals surface area contributed by atoms with Gasteiger partial charge in [-0.15, -0.1) is 0 Å². The van der Waals surface area contributed by atoms with Crippen molar-refractivity contribution >= 4 is 46.5 Å². The molecule has 6 aromatic rings. The molecule has 0 amide bonds. The van der Waals surface area contributed by atoms with E-state index in [4.69, 9.17) is 13.6 Å². The molecule has 0 bridgehead atoms. The molecule has 7 rings (SSSR count). The van der Waals surface area contributed by atoms with Crippen molar-refractivity contribution in [2.45, 2.75) is 51.6 Å². The van der Waals surface area contributed by atoms with Crippen LogP contribution >= 0.6 is 0 Å². The molecule has 0 radical (unpaired) electrons. The zero-order chi connectivity index (χ0) is 32.8. The lowest BCUT2D eigenvalue weighted by Gasteiger charge is -2.43. The second-order valence-electron chi connectivity index (χ2n) is 13.7. The van der Waals surface area contributed by atoms with Gasteiger partial charge in [-0.1, -0.05) is 99.6 Å². The Morgan fingerprint density at radius 1 is 0.915 bits per heavy atom. The fraction of sp³-hybridized carbons (Fsp3) is 0.275. The van der Waals surface area contributed by atoms with Gasteiger partial charge < -0.3 is 23.3 Å². The number of aromatic nitrogens is 1. The van der Waals surface area contributed by atoms with E-state index in [1.807, 2.05) is 0 Å². The summed E-state index contributed by atoms with van der Waals surface area (Å²) in [6, 6.07) is 35.2. The van der Waals surface area contributed by atoms with Crippen LogP contribution in [0.2, 0.25) is 5.04 Å². The molecular weight excluding hydrogens is 603 g/mol. The van der Waals surface area contributed by atoms with Gasteiger partial charge in [0, 0.05) is 29.6 Å². The Morgan fingerprint density at radius 2 is 1.55 bits per heavy atom. The van der Waals surface area contributed by atoms with Gasteiger partial charge >= 0.3 is 5.97 Å². The van der Waals surface area contributed by atoms with Crippen molar-refractivity contribution < 1.29 is 23.5 Å². The van der Waals surface area contributed by atoms with E-state index in [0.29, 0.717) is 30.3 Å². The molecule has 7 heteroatoms. The topological polar surface area (TPSA) is 73.8 Å². The number of hydrogen-bond donors (Lipinski definition) is 1. The maximum atomic E-state index is 12.1. The van der Waals surface area contributed by atoms with Crippen LogP contribution in [0, 0.1) is 5.92 Å². The number of carboxylic acid groups (broad SMARTS) is 1. The summed E-state index contributed by atoms with van der Waals surface area (Å²) in [7, 11) is -1.21. The van der Waals surface area contributed by atoms with Gasteiger partial charge in [-0.05, 0) is 64.9 Å². The van der Waals surface area contributed by atoms with E-state index < -0.39 is 14.3 Å². The SMILES string of the molecule is COc1cc(C(=O)O)cc2oc(-c3cc4ccccc4n3CC3CC3)c(CCO[Si](c3ccccc3)(c3ccccc3)C(C)(C)C)c12. The van der Waals surface area contributed by atoms with Crippen LogP contribution in [-0.2, 0) is 17.4 Å². The van der Waals surface area contributed by atoms with Crippen molar-refractivity contribution in [1.29, 1.82) is 0 Å². The Hall–Kier alpha value is -4.59. The first kappa shape index (κ1) is 31.0. The van der Waals surface area contributed by atoms with E-state index in [0.717, 1.165) is 34.3 Å². The van der Waals surface area contributed by atoms with Crippen LogP contribution in [0.5, 0.6) is 5.75 Å². The van der Waals surface area contributed by atoms with Crippen LogP contribution in [0.15, 0.2) is 108 Å². The van der Waals surface area contributed by atoms with Crippen LogP contribution in [-0.4, -0.2) is 37.7 Å². The van der Waals surface area contributed by atoms with Crippen LogP contribution in [0.1, 0.15) is 49.5 Å². The van der Waals surface area contributed by atoms with E-state index in [9.17, 15) is 9.90 Å². The summed E-state index contributed by atoms with van der Waals surface area (Å²) in [5.74, 6) is 0.843. The summed E-state index contributed by atoms with van der Waals surface area (Å²) in [6.07, 6.45) is 3.00. The molecule has 2 heterocycles. The van der Waals surface area contributed by atoms with Crippen LogP contribution in [0.3, 0.4) is 0 Å². The highest BCUT2D eigenvalue weighted by Crippen LogP contribution is 2.44. The largest absolute Gasteiger partial charge is 0.496 e. The summed E-state index contributed by atoms with van der Waals surface area (Å²) in [5, 5.41) is 14.1. The third-order valence-electron chi connectivity index (χ3n) is 9.59. The van der Waals surface area contributed by atoms with Gasteiger partial charge in [0.1, 0.15) is 11.3 Å². The third kappa shape index (κ3) is 5.57. The monoisotopic (exact) mass is 643 g/mol. The van der Waals surface area contributed by atoms with Crippen LogP contribution in [0.25, 0.3) is 33.3 Å². The molecular formula is C40H41NO5Si. The molecule has 0 unspecified atom stereocenters. The highest BCUT2D eigenvalue weighted by Gasteiger charge is 2.50. The molecule has 2 aromatic heterocycles. The van der Waals surface area contributed by atoms with Crippen molar-refractivity contribution in [3.63, 3.8) is 0 Å². The van der Waals surface area contributed by atoms with Gasteiger partial charge in [-0.25, -0.2) is 4.79 Å². The quantitative estimate of drug-likeness (QED) is 0.144. The summed E-state index contributed by atoms with van der Waals surface area (Å²) in [6.45, 7) is 8.21. The minimum atomic E-state index is -2.79. The fourth-order valence-electron chi connectivity index (χ4n) is 7.20. The number of benzene rings is 4. The molecule has 4 aromatic carbocycles. The highest BCUT2D eigenvalue weighted by atomic mass is 28.4. The first-order chi connectivity index (χ1) is 22.7. The van der Waals surface area contributed by atoms with Gasteiger partial charge in [-0.2, -0.15) is 0 Å². The third-order valence-corrected chi connectivity index (χ3v) is 14.6. The minimum absolute atomic E-state index is 0.128. The number of hydrogen-bond acceptors (Lipinski definition) is 4. The molecule has 0 saturated heterocycles. The molecule has 240 valence electrons. The molecule has 0 atom stereocenters. The summed E-state index contributed by atoms with van der Waals surface area (Å²) in [5.41, 5.74) is 3.76. The smallest absolute Gasteiger partial charge is 0.335 e. The number of rotatable bonds is 11. The molecule has 1 fully saturated rings. The second-order valence-corrected chi connectivity index (χ2v) is 18.0. The molecule has 0 spiro atoms. The van der Waals surface area contributed by atoms with E-state index >= 15 is 0 Å². The van der Waals surface area contributed by atoms with Crippen molar-refractivity contribution in [2.24, 2.45) is 5.92 Å². The summed E-state index contributed by atoms with van der Waals surface area (Å²) in [4.78, 5) is 12.1. The number of carboxylic acids is 1. The maximum absolute atomic E-state index is 12.1. The Kier molecular flexibility index (Phi) is 8.06. The van der Waals surface area contributed by atoms with Crippen molar-refractivity contribution in [2.75, 3.05) is 13.7 Å². The Balaban J connectivity index is 1.39. The van der Waals surface area contributed by atoms with Gasteiger partial charge in [0.15, 0.2) is 5.76 Å². The predicted molar refractivity (Wildman–Crippen MR) is 191 cm³/mol. The normalized spacial score (nSPS) is 13.8. The zero-order valence-electron chi connectivity index (χ0n) is 27.5. The van der Waals surface area contributed by atoms with Gasteiger partial charge in [0.2, 0.25) is 0 Å². The van der Waals surface area contributed by atoms with E-state index in [2.05, 4.69) is 116 Å². The van der Waals surface area contributed by atoms with Gasteiger partial charge in [0.05, 0.1) is 23.8 Å². The Bertz CT molecular complexity index is 2010. The summed E-state index contributed by atoms with van der Waals surface area (Å²) >= 11 is 0. The van der Waals surface area contributed by atoms with E-state index in [1.165, 1.54) is 28.7 Å². The lowest BCUT2D eigenvalue weighted by molar-refractivity contribution is 0.0696. The number of para-hydroxylation sites is 1. The lowest BCUT2D eigenvalue weighted by atomic mass is 10.0. The Labute approximate surface area is 276 Å². The number of carbonyl (C=O) groups is 1. The molecule has 1 saturated carbocycles. The fourth-order valence-corrected chi connectivity index (χ4v) is 11.8. The van der Waals surface area contributed by atoms with Crippen LogP contribution in [0.4, 0.5) is 0 Å². The number of furan rings is 1. The molecule has 47 heavy (non-hydrogen) atoms. The lowest BCUT2D eigenvalue weighted by Crippen LogP contribution is -2.66. The number of nitrogens with zero attached hydrogens (tertiary/aromatic N) is 1. The van der Waals surface area contributed by atoms with Gasteiger partial charge in [-0.3, -0.25) is 0 Å². The highest BCUT2D eigenvalue weighted by molar-refractivity contribution is 6.99. The molecule has 0 aliphatic heterocycles. The minimum Gasteiger partial charge on any atom is -0.496 e.